The van der Waals surface area contributed by atoms with E-state index in [2.05, 4.69) is 45.1 Å². The molecule has 0 radical (unpaired) electrons. The number of pyridine rings is 1. The summed E-state index contributed by atoms with van der Waals surface area (Å²) in [5.74, 6) is 1.01. The van der Waals surface area contributed by atoms with Gasteiger partial charge in [0.15, 0.2) is 0 Å². The first-order valence-electron chi connectivity index (χ1n) is 8.77. The van der Waals surface area contributed by atoms with Crippen LogP contribution < -0.4 is 4.90 Å². The number of nitrogens with zero attached hydrogens (tertiary/aromatic N) is 3. The lowest BCUT2D eigenvalue weighted by atomic mass is 10.0. The van der Waals surface area contributed by atoms with Crippen LogP contribution >= 0.6 is 0 Å². The van der Waals surface area contributed by atoms with Crippen LogP contribution in [0.25, 0.3) is 10.8 Å². The third-order valence-electron chi connectivity index (χ3n) is 5.25. The van der Waals surface area contributed by atoms with Gasteiger partial charge in [0.05, 0.1) is 5.60 Å². The van der Waals surface area contributed by atoms with E-state index < -0.39 is 5.60 Å². The van der Waals surface area contributed by atoms with Crippen LogP contribution in [-0.4, -0.2) is 53.3 Å². The Labute approximate surface area is 137 Å². The van der Waals surface area contributed by atoms with Crippen molar-refractivity contribution in [2.75, 3.05) is 37.6 Å². The van der Waals surface area contributed by atoms with Crippen molar-refractivity contribution in [3.05, 3.63) is 36.5 Å². The molecule has 1 aromatic carbocycles. The molecule has 23 heavy (non-hydrogen) atoms. The van der Waals surface area contributed by atoms with Crippen LogP contribution in [0.5, 0.6) is 0 Å². The van der Waals surface area contributed by atoms with E-state index in [0.717, 1.165) is 38.4 Å². The molecule has 2 aliphatic rings. The largest absolute Gasteiger partial charge is 0.387 e. The van der Waals surface area contributed by atoms with Crippen LogP contribution in [0.1, 0.15) is 25.7 Å². The van der Waals surface area contributed by atoms with Crippen molar-refractivity contribution in [2.45, 2.75) is 31.3 Å². The summed E-state index contributed by atoms with van der Waals surface area (Å²) in [7, 11) is 0. The Bertz CT molecular complexity index is 678. The van der Waals surface area contributed by atoms with Gasteiger partial charge in [0, 0.05) is 31.2 Å². The van der Waals surface area contributed by atoms with Gasteiger partial charge in [-0.2, -0.15) is 0 Å². The standard InChI is InChI=1S/C19H25N3O/c23-19(14-21-11-4-1-5-12-21)9-13-22(15-19)18-17-7-3-2-6-16(17)8-10-20-18/h2-3,6-8,10,23H,1,4-5,9,11-15H2. The monoisotopic (exact) mass is 311 g/mol. The number of aromatic nitrogens is 1. The number of anilines is 1. The van der Waals surface area contributed by atoms with Gasteiger partial charge in [-0.1, -0.05) is 30.7 Å². The van der Waals surface area contributed by atoms with E-state index in [9.17, 15) is 5.11 Å². The number of hydrogen-bond acceptors (Lipinski definition) is 4. The number of likely N-dealkylation sites (tertiary alicyclic amines) is 1. The highest BCUT2D eigenvalue weighted by Crippen LogP contribution is 2.31. The summed E-state index contributed by atoms with van der Waals surface area (Å²) in [6.07, 6.45) is 6.57. The van der Waals surface area contributed by atoms with Gasteiger partial charge in [-0.05, 0) is 43.8 Å². The van der Waals surface area contributed by atoms with Crippen molar-refractivity contribution >= 4 is 16.6 Å². The maximum atomic E-state index is 11.0. The van der Waals surface area contributed by atoms with E-state index in [0.29, 0.717) is 6.54 Å². The molecule has 0 bridgehead atoms. The molecule has 1 aromatic heterocycles. The number of fused-ring (bicyclic) bond motifs is 1. The Kier molecular flexibility index (Phi) is 3.95. The highest BCUT2D eigenvalue weighted by Gasteiger charge is 2.38. The molecule has 4 heteroatoms. The van der Waals surface area contributed by atoms with E-state index in [-0.39, 0.29) is 0 Å². The molecular formula is C19H25N3O. The fourth-order valence-electron chi connectivity index (χ4n) is 4.06. The Morgan fingerprint density at radius 2 is 1.87 bits per heavy atom. The number of β-amino-alcohol motifs (C(OH)–C–C–N with tert-alkyl or cyclic N) is 1. The minimum Gasteiger partial charge on any atom is -0.387 e. The van der Waals surface area contributed by atoms with Gasteiger partial charge in [0.25, 0.3) is 0 Å². The van der Waals surface area contributed by atoms with Gasteiger partial charge in [-0.15, -0.1) is 0 Å². The van der Waals surface area contributed by atoms with Gasteiger partial charge >= 0.3 is 0 Å². The minimum atomic E-state index is -0.601. The van der Waals surface area contributed by atoms with E-state index in [1.54, 1.807) is 0 Å². The molecule has 0 amide bonds. The van der Waals surface area contributed by atoms with Gasteiger partial charge in [-0.25, -0.2) is 4.98 Å². The molecule has 0 aliphatic carbocycles. The predicted octanol–water partition coefficient (Wildman–Crippen LogP) is 2.66. The zero-order chi connectivity index (χ0) is 15.7. The second kappa shape index (κ2) is 6.10. The summed E-state index contributed by atoms with van der Waals surface area (Å²) in [4.78, 5) is 9.29. The molecule has 2 fully saturated rings. The van der Waals surface area contributed by atoms with Gasteiger partial charge < -0.3 is 14.9 Å². The summed E-state index contributed by atoms with van der Waals surface area (Å²) in [6.45, 7) is 4.63. The SMILES string of the molecule is OC1(CN2CCCCC2)CCN(c2nccc3ccccc23)C1. The molecule has 2 aromatic rings. The first-order valence-corrected chi connectivity index (χ1v) is 8.77. The minimum absolute atomic E-state index is 0.601. The zero-order valence-corrected chi connectivity index (χ0v) is 13.6. The molecule has 3 heterocycles. The van der Waals surface area contributed by atoms with E-state index in [1.165, 1.54) is 30.0 Å². The molecule has 4 nitrogen and oxygen atoms in total. The van der Waals surface area contributed by atoms with Crippen LogP contribution in [0, 0.1) is 0 Å². The molecule has 2 aliphatic heterocycles. The first kappa shape index (κ1) is 14.9. The number of piperidine rings is 1. The summed E-state index contributed by atoms with van der Waals surface area (Å²) in [5.41, 5.74) is -0.601. The maximum Gasteiger partial charge on any atom is 0.136 e. The predicted molar refractivity (Wildman–Crippen MR) is 93.8 cm³/mol. The quantitative estimate of drug-likeness (QED) is 0.946. The van der Waals surface area contributed by atoms with Gasteiger partial charge in [0.1, 0.15) is 5.82 Å². The summed E-state index contributed by atoms with van der Waals surface area (Å²) in [6, 6.07) is 10.4. The maximum absolute atomic E-state index is 11.0. The number of benzene rings is 1. The average Bonchev–Trinajstić information content (AvgIpc) is 2.97. The van der Waals surface area contributed by atoms with Crippen molar-refractivity contribution in [1.29, 1.82) is 0 Å². The lowest BCUT2D eigenvalue weighted by Gasteiger charge is -2.33. The fraction of sp³-hybridized carbons (Fsp3) is 0.526. The van der Waals surface area contributed by atoms with Crippen LogP contribution in [0.15, 0.2) is 36.5 Å². The molecule has 0 spiro atoms. The van der Waals surface area contributed by atoms with E-state index in [4.69, 9.17) is 0 Å². The molecule has 1 N–H and O–H groups in total. The molecule has 4 rings (SSSR count). The first-order chi connectivity index (χ1) is 11.2. The highest BCUT2D eigenvalue weighted by atomic mass is 16.3. The lowest BCUT2D eigenvalue weighted by molar-refractivity contribution is 0.0169. The second-order valence-electron chi connectivity index (χ2n) is 7.09. The molecule has 1 atom stereocenters. The van der Waals surface area contributed by atoms with Crippen molar-refractivity contribution in [3.8, 4) is 0 Å². The topological polar surface area (TPSA) is 39.6 Å². The molecular weight excluding hydrogens is 286 g/mol. The lowest BCUT2D eigenvalue weighted by Crippen LogP contribution is -2.46. The molecule has 0 saturated carbocycles. The average molecular weight is 311 g/mol. The number of hydrogen-bond donors (Lipinski definition) is 1. The number of aliphatic hydroxyl groups is 1. The Balaban J connectivity index is 1.52. The molecule has 122 valence electrons. The van der Waals surface area contributed by atoms with Crippen molar-refractivity contribution in [1.82, 2.24) is 9.88 Å². The van der Waals surface area contributed by atoms with Crippen molar-refractivity contribution < 1.29 is 5.11 Å². The fourth-order valence-corrected chi connectivity index (χ4v) is 4.06. The summed E-state index contributed by atoms with van der Waals surface area (Å²) >= 11 is 0. The highest BCUT2D eigenvalue weighted by molar-refractivity contribution is 5.92. The van der Waals surface area contributed by atoms with E-state index >= 15 is 0 Å². The summed E-state index contributed by atoms with van der Waals surface area (Å²) in [5, 5.41) is 13.4. The molecule has 1 unspecified atom stereocenters. The Morgan fingerprint density at radius 3 is 2.74 bits per heavy atom. The normalized spacial score (nSPS) is 26.0. The smallest absolute Gasteiger partial charge is 0.136 e. The third-order valence-corrected chi connectivity index (χ3v) is 5.25. The Hall–Kier alpha value is -1.65. The van der Waals surface area contributed by atoms with Crippen LogP contribution in [0.4, 0.5) is 5.82 Å². The number of rotatable bonds is 3. The third kappa shape index (κ3) is 3.06. The van der Waals surface area contributed by atoms with Crippen molar-refractivity contribution in [2.24, 2.45) is 0 Å². The molecule has 2 saturated heterocycles. The van der Waals surface area contributed by atoms with E-state index in [1.807, 2.05) is 6.20 Å². The second-order valence-corrected chi connectivity index (χ2v) is 7.09. The van der Waals surface area contributed by atoms with Crippen LogP contribution in [0.2, 0.25) is 0 Å². The van der Waals surface area contributed by atoms with Gasteiger partial charge in [-0.3, -0.25) is 0 Å². The Morgan fingerprint density at radius 1 is 1.04 bits per heavy atom. The summed E-state index contributed by atoms with van der Waals surface area (Å²) < 4.78 is 0. The van der Waals surface area contributed by atoms with Crippen LogP contribution in [0.3, 0.4) is 0 Å². The van der Waals surface area contributed by atoms with Gasteiger partial charge in [0.2, 0.25) is 0 Å². The van der Waals surface area contributed by atoms with Crippen LogP contribution in [-0.2, 0) is 0 Å². The van der Waals surface area contributed by atoms with Crippen molar-refractivity contribution in [3.63, 3.8) is 0 Å². The zero-order valence-electron chi connectivity index (χ0n) is 13.6.